The van der Waals surface area contributed by atoms with Gasteiger partial charge in [-0.2, -0.15) is 0 Å². The van der Waals surface area contributed by atoms with Crippen LogP contribution in [0.1, 0.15) is 31.7 Å². The molecule has 0 fully saturated rings. The normalized spacial score (nSPS) is 14.3. The Morgan fingerprint density at radius 3 is 2.21 bits per heavy atom. The minimum absolute atomic E-state index is 0.285. The lowest BCUT2D eigenvalue weighted by atomic mass is 10.2. The van der Waals surface area contributed by atoms with Crippen LogP contribution in [0.2, 0.25) is 0 Å². The molecular weight excluding hydrogens is 389 g/mol. The van der Waals surface area contributed by atoms with Crippen molar-refractivity contribution < 1.29 is 23.7 Å². The molecule has 0 saturated carbocycles. The summed E-state index contributed by atoms with van der Waals surface area (Å²) in [7, 11) is 3.26. The van der Waals surface area contributed by atoms with Crippen LogP contribution in [0.25, 0.3) is 0 Å². The van der Waals surface area contributed by atoms with Crippen LogP contribution in [0.4, 0.5) is 5.69 Å². The molecule has 1 N–H and O–H groups in total. The van der Waals surface area contributed by atoms with Crippen molar-refractivity contribution in [3.8, 4) is 11.5 Å². The van der Waals surface area contributed by atoms with Gasteiger partial charge in [0.25, 0.3) is 7.37 Å². The van der Waals surface area contributed by atoms with Crippen molar-refractivity contribution in [2.24, 2.45) is 5.92 Å². The summed E-state index contributed by atoms with van der Waals surface area (Å²) >= 11 is 0. The SMILES string of the molecule is COc1ccc(OC)c([C@@H](O)[P@@](=O)(OCCC(C)C)c2ccc(N(C)C)cc2)c1. The van der Waals surface area contributed by atoms with Crippen molar-refractivity contribution in [3.63, 3.8) is 0 Å². The molecule has 0 aliphatic heterocycles. The van der Waals surface area contributed by atoms with Crippen molar-refractivity contribution in [3.05, 3.63) is 48.0 Å². The molecule has 2 aromatic carbocycles. The fourth-order valence-electron chi connectivity index (χ4n) is 2.89. The summed E-state index contributed by atoms with van der Waals surface area (Å²) in [4.78, 5) is 1.95. The maximum atomic E-state index is 14.1. The molecule has 0 spiro atoms. The molecule has 6 nitrogen and oxygen atoms in total. The largest absolute Gasteiger partial charge is 0.497 e. The average molecular weight is 421 g/mol. The second-order valence-corrected chi connectivity index (χ2v) is 9.96. The van der Waals surface area contributed by atoms with E-state index in [2.05, 4.69) is 13.8 Å². The molecule has 2 rings (SSSR count). The lowest BCUT2D eigenvalue weighted by Crippen LogP contribution is -2.17. The highest BCUT2D eigenvalue weighted by Crippen LogP contribution is 2.59. The molecular formula is C22H32NO5P. The van der Waals surface area contributed by atoms with Crippen molar-refractivity contribution in [1.82, 2.24) is 0 Å². The van der Waals surface area contributed by atoms with Gasteiger partial charge in [-0.3, -0.25) is 4.57 Å². The third-order valence-corrected chi connectivity index (χ3v) is 7.25. The van der Waals surface area contributed by atoms with Crippen LogP contribution in [0.3, 0.4) is 0 Å². The first kappa shape index (κ1) is 23.3. The summed E-state index contributed by atoms with van der Waals surface area (Å²) < 4.78 is 30.6. The van der Waals surface area contributed by atoms with Gasteiger partial charge in [0.1, 0.15) is 11.5 Å². The van der Waals surface area contributed by atoms with Gasteiger partial charge in [-0.05, 0) is 54.8 Å². The Hall–Kier alpha value is -2.01. The Bertz CT molecular complexity index is 836. The Morgan fingerprint density at radius 1 is 1.03 bits per heavy atom. The van der Waals surface area contributed by atoms with Gasteiger partial charge in [-0.15, -0.1) is 0 Å². The minimum atomic E-state index is -3.66. The van der Waals surface area contributed by atoms with Crippen LogP contribution in [0.5, 0.6) is 11.5 Å². The zero-order valence-electron chi connectivity index (χ0n) is 18.1. The van der Waals surface area contributed by atoms with Gasteiger partial charge in [0.05, 0.1) is 20.8 Å². The van der Waals surface area contributed by atoms with Gasteiger partial charge >= 0.3 is 0 Å². The number of aliphatic hydroxyl groups excluding tert-OH is 1. The average Bonchev–Trinajstić information content (AvgIpc) is 2.72. The van der Waals surface area contributed by atoms with E-state index >= 15 is 0 Å². The molecule has 0 saturated heterocycles. The van der Waals surface area contributed by atoms with E-state index in [0.29, 0.717) is 28.3 Å². The van der Waals surface area contributed by atoms with Gasteiger partial charge < -0.3 is 24.0 Å². The molecule has 0 amide bonds. The molecule has 7 heteroatoms. The van der Waals surface area contributed by atoms with Crippen LogP contribution in [-0.2, 0) is 9.09 Å². The molecule has 0 aliphatic carbocycles. The smallest absolute Gasteiger partial charge is 0.264 e. The van der Waals surface area contributed by atoms with Crippen molar-refractivity contribution >= 4 is 18.4 Å². The van der Waals surface area contributed by atoms with Crippen LogP contribution >= 0.6 is 7.37 Å². The van der Waals surface area contributed by atoms with Crippen LogP contribution in [-0.4, -0.2) is 40.0 Å². The first-order valence-corrected chi connectivity index (χ1v) is 11.3. The zero-order chi connectivity index (χ0) is 21.6. The number of aliphatic hydroxyl groups is 1. The molecule has 0 bridgehead atoms. The maximum absolute atomic E-state index is 14.1. The van der Waals surface area contributed by atoms with Crippen molar-refractivity contribution in [2.75, 3.05) is 39.8 Å². The van der Waals surface area contributed by atoms with Crippen LogP contribution in [0, 0.1) is 5.92 Å². The zero-order valence-corrected chi connectivity index (χ0v) is 19.0. The lowest BCUT2D eigenvalue weighted by Gasteiger charge is -2.26. The van der Waals surface area contributed by atoms with E-state index in [1.54, 1.807) is 30.3 Å². The molecule has 0 heterocycles. The Labute approximate surface area is 173 Å². The molecule has 29 heavy (non-hydrogen) atoms. The van der Waals surface area contributed by atoms with E-state index in [9.17, 15) is 9.67 Å². The fraction of sp³-hybridized carbons (Fsp3) is 0.455. The summed E-state index contributed by atoms with van der Waals surface area (Å²) in [5.41, 5.74) is 1.34. The standard InChI is InChI=1S/C22H32NO5P/c1-16(2)13-14-28-29(25,19-10-7-17(8-11-19)23(3)4)22(24)20-15-18(26-5)9-12-21(20)27-6/h7-12,15-16,22,24H,13-14H2,1-6H3/t22-,29-/m0/s1. The third kappa shape index (κ3) is 5.53. The highest BCUT2D eigenvalue weighted by molar-refractivity contribution is 7.67. The van der Waals surface area contributed by atoms with Crippen LogP contribution < -0.4 is 19.7 Å². The summed E-state index contributed by atoms with van der Waals surface area (Å²) in [6.45, 7) is 4.43. The first-order chi connectivity index (χ1) is 13.7. The Kier molecular flexibility index (Phi) is 8.14. The number of hydrogen-bond donors (Lipinski definition) is 1. The summed E-state index contributed by atoms with van der Waals surface area (Å²) in [6.07, 6.45) is 0.738. The van der Waals surface area contributed by atoms with Gasteiger partial charge in [0.2, 0.25) is 0 Å². The predicted octanol–water partition coefficient (Wildman–Crippen LogP) is 4.43. The molecule has 0 aliphatic rings. The number of anilines is 1. The first-order valence-electron chi connectivity index (χ1n) is 9.65. The topological polar surface area (TPSA) is 68.2 Å². The predicted molar refractivity (Wildman–Crippen MR) is 118 cm³/mol. The number of hydrogen-bond acceptors (Lipinski definition) is 6. The van der Waals surface area contributed by atoms with Gasteiger partial charge in [0.15, 0.2) is 5.85 Å². The molecule has 2 atom stereocenters. The minimum Gasteiger partial charge on any atom is -0.497 e. The second-order valence-electron chi connectivity index (χ2n) is 7.51. The van der Waals surface area contributed by atoms with E-state index in [1.807, 2.05) is 31.1 Å². The molecule has 2 aromatic rings. The quantitative estimate of drug-likeness (QED) is 0.573. The molecule has 0 aromatic heterocycles. The van der Waals surface area contributed by atoms with E-state index in [1.165, 1.54) is 14.2 Å². The lowest BCUT2D eigenvalue weighted by molar-refractivity contribution is 0.205. The highest BCUT2D eigenvalue weighted by atomic mass is 31.2. The van der Waals surface area contributed by atoms with E-state index in [4.69, 9.17) is 14.0 Å². The van der Waals surface area contributed by atoms with Crippen LogP contribution in [0.15, 0.2) is 42.5 Å². The second kappa shape index (κ2) is 10.1. The van der Waals surface area contributed by atoms with Crippen molar-refractivity contribution in [2.45, 2.75) is 26.1 Å². The third-order valence-electron chi connectivity index (χ3n) is 4.74. The summed E-state index contributed by atoms with van der Waals surface area (Å²) in [6, 6.07) is 12.3. The van der Waals surface area contributed by atoms with E-state index < -0.39 is 13.2 Å². The number of rotatable bonds is 10. The van der Waals surface area contributed by atoms with E-state index in [-0.39, 0.29) is 6.61 Å². The van der Waals surface area contributed by atoms with Crippen molar-refractivity contribution in [1.29, 1.82) is 0 Å². The van der Waals surface area contributed by atoms with Gasteiger partial charge in [-0.1, -0.05) is 13.8 Å². The molecule has 0 unspecified atom stereocenters. The Morgan fingerprint density at radius 2 is 1.69 bits per heavy atom. The summed E-state index contributed by atoms with van der Waals surface area (Å²) in [5, 5.41) is 11.7. The number of methoxy groups -OCH3 is 2. The number of benzene rings is 2. The molecule has 160 valence electrons. The van der Waals surface area contributed by atoms with Gasteiger partial charge in [-0.25, -0.2) is 0 Å². The summed E-state index contributed by atoms with van der Waals surface area (Å²) in [5.74, 6) is -0.0274. The Balaban J connectivity index is 2.50. The maximum Gasteiger partial charge on any atom is 0.264 e. The number of nitrogens with zero attached hydrogens (tertiary/aromatic N) is 1. The molecule has 0 radical (unpaired) electrons. The van der Waals surface area contributed by atoms with Gasteiger partial charge in [0, 0.05) is 30.7 Å². The highest BCUT2D eigenvalue weighted by Gasteiger charge is 2.38. The monoisotopic (exact) mass is 421 g/mol. The fourth-order valence-corrected chi connectivity index (χ4v) is 4.98. The van der Waals surface area contributed by atoms with E-state index in [0.717, 1.165) is 12.1 Å². The number of ether oxygens (including phenoxy) is 2.